The van der Waals surface area contributed by atoms with E-state index in [1.165, 1.54) is 0 Å². The number of carbonyl (C=O) groups is 1. The van der Waals surface area contributed by atoms with Crippen LogP contribution in [-0.2, 0) is 4.79 Å². The molecule has 0 saturated heterocycles. The van der Waals surface area contributed by atoms with Gasteiger partial charge in [0.2, 0.25) is 5.91 Å². The molecule has 0 aromatic rings. The van der Waals surface area contributed by atoms with E-state index in [9.17, 15) is 4.79 Å². The van der Waals surface area contributed by atoms with Gasteiger partial charge in [-0.25, -0.2) is 0 Å². The first-order valence-corrected chi connectivity index (χ1v) is 4.39. The molecule has 4 N–H and O–H groups in total. The van der Waals surface area contributed by atoms with E-state index in [-0.39, 0.29) is 11.7 Å². The third-order valence-corrected chi connectivity index (χ3v) is 1.81. The van der Waals surface area contributed by atoms with Crippen LogP contribution in [-0.4, -0.2) is 49.0 Å². The van der Waals surface area contributed by atoms with Crippen molar-refractivity contribution in [3.8, 4) is 0 Å². The molecule has 6 heteroatoms. The van der Waals surface area contributed by atoms with Crippen molar-refractivity contribution in [1.29, 1.82) is 0 Å². The number of likely N-dealkylation sites (N-methyl/N-ethyl adjacent to an activating group) is 1. The van der Waals surface area contributed by atoms with Crippen LogP contribution in [0.3, 0.4) is 0 Å². The fourth-order valence-corrected chi connectivity index (χ4v) is 0.777. The predicted octanol–water partition coefficient (Wildman–Crippen LogP) is -0.953. The van der Waals surface area contributed by atoms with Crippen LogP contribution in [0.15, 0.2) is 5.16 Å². The van der Waals surface area contributed by atoms with Gasteiger partial charge in [0.1, 0.15) is 0 Å². The average Bonchev–Trinajstić information content (AvgIpc) is 2.14. The minimum atomic E-state index is -0.595. The minimum absolute atomic E-state index is 0.0765. The van der Waals surface area contributed by atoms with E-state index in [0.29, 0.717) is 6.54 Å². The zero-order chi connectivity index (χ0) is 11.1. The molecular weight excluding hydrogens is 184 g/mol. The van der Waals surface area contributed by atoms with Crippen LogP contribution in [0.1, 0.15) is 6.92 Å². The molecule has 1 amide bonds. The fraction of sp³-hybridized carbons (Fsp3) is 0.750. The fourth-order valence-electron chi connectivity index (χ4n) is 0.777. The van der Waals surface area contributed by atoms with E-state index in [1.807, 2.05) is 19.0 Å². The van der Waals surface area contributed by atoms with Gasteiger partial charge in [0, 0.05) is 13.1 Å². The molecule has 0 aliphatic carbocycles. The molecule has 14 heavy (non-hydrogen) atoms. The third-order valence-electron chi connectivity index (χ3n) is 1.81. The average molecular weight is 202 g/mol. The van der Waals surface area contributed by atoms with Gasteiger partial charge in [-0.2, -0.15) is 0 Å². The lowest BCUT2D eigenvalue weighted by Gasteiger charge is -2.13. The standard InChI is InChI=1S/C8H18N4O2/c1-6(7(9)11-14)8(13)10-4-5-12(2)3/h6,14H,4-5H2,1-3H3,(H2,9,11)(H,10,13). The van der Waals surface area contributed by atoms with E-state index in [0.717, 1.165) is 6.54 Å². The molecule has 0 heterocycles. The third kappa shape index (κ3) is 4.66. The van der Waals surface area contributed by atoms with Crippen molar-refractivity contribution >= 4 is 11.7 Å². The first kappa shape index (κ1) is 12.7. The van der Waals surface area contributed by atoms with Crippen LogP contribution in [0, 0.1) is 5.92 Å². The van der Waals surface area contributed by atoms with E-state index < -0.39 is 5.92 Å². The molecular formula is C8H18N4O2. The van der Waals surface area contributed by atoms with Crippen LogP contribution >= 0.6 is 0 Å². The Morgan fingerprint density at radius 1 is 1.64 bits per heavy atom. The Balaban J connectivity index is 3.85. The van der Waals surface area contributed by atoms with Crippen molar-refractivity contribution in [2.45, 2.75) is 6.92 Å². The maximum absolute atomic E-state index is 11.3. The van der Waals surface area contributed by atoms with Gasteiger partial charge in [0.15, 0.2) is 5.84 Å². The molecule has 0 saturated carbocycles. The molecule has 0 aliphatic rings. The Kier molecular flexibility index (Phi) is 5.62. The topological polar surface area (TPSA) is 91.0 Å². The first-order chi connectivity index (χ1) is 6.49. The van der Waals surface area contributed by atoms with Crippen molar-refractivity contribution in [2.75, 3.05) is 27.2 Å². The molecule has 6 nitrogen and oxygen atoms in total. The van der Waals surface area contributed by atoms with Gasteiger partial charge in [-0.1, -0.05) is 5.16 Å². The van der Waals surface area contributed by atoms with Crippen molar-refractivity contribution in [3.05, 3.63) is 0 Å². The quantitative estimate of drug-likeness (QED) is 0.232. The summed E-state index contributed by atoms with van der Waals surface area (Å²) in [5.41, 5.74) is 5.28. The lowest BCUT2D eigenvalue weighted by molar-refractivity contribution is -0.122. The van der Waals surface area contributed by atoms with Crippen LogP contribution < -0.4 is 11.1 Å². The molecule has 0 aromatic carbocycles. The van der Waals surface area contributed by atoms with Crippen LogP contribution in [0.25, 0.3) is 0 Å². The molecule has 1 unspecified atom stereocenters. The number of nitrogens with one attached hydrogen (secondary N) is 1. The maximum atomic E-state index is 11.3. The van der Waals surface area contributed by atoms with E-state index in [4.69, 9.17) is 10.9 Å². The lowest BCUT2D eigenvalue weighted by Crippen LogP contribution is -2.39. The number of amidine groups is 1. The number of nitrogens with two attached hydrogens (primary N) is 1. The molecule has 0 radical (unpaired) electrons. The Bertz CT molecular complexity index is 215. The van der Waals surface area contributed by atoms with Crippen molar-refractivity contribution in [2.24, 2.45) is 16.8 Å². The van der Waals surface area contributed by atoms with Gasteiger partial charge in [0.25, 0.3) is 0 Å². The summed E-state index contributed by atoms with van der Waals surface area (Å²) in [6, 6.07) is 0. The van der Waals surface area contributed by atoms with Gasteiger partial charge in [-0.3, -0.25) is 4.79 Å². The second-order valence-corrected chi connectivity index (χ2v) is 3.34. The van der Waals surface area contributed by atoms with Crippen molar-refractivity contribution < 1.29 is 10.0 Å². The number of carbonyl (C=O) groups excluding carboxylic acids is 1. The summed E-state index contributed by atoms with van der Waals surface area (Å²) < 4.78 is 0. The molecule has 0 rings (SSSR count). The minimum Gasteiger partial charge on any atom is -0.409 e. The number of amides is 1. The number of nitrogens with zero attached hydrogens (tertiary/aromatic N) is 2. The van der Waals surface area contributed by atoms with Gasteiger partial charge in [-0.05, 0) is 21.0 Å². The van der Waals surface area contributed by atoms with Crippen molar-refractivity contribution in [3.63, 3.8) is 0 Å². The van der Waals surface area contributed by atoms with E-state index in [2.05, 4.69) is 10.5 Å². The summed E-state index contributed by atoms with van der Waals surface area (Å²) in [7, 11) is 3.83. The van der Waals surface area contributed by atoms with Crippen LogP contribution in [0.2, 0.25) is 0 Å². The first-order valence-electron chi connectivity index (χ1n) is 4.39. The molecule has 0 spiro atoms. The van der Waals surface area contributed by atoms with E-state index >= 15 is 0 Å². The number of oxime groups is 1. The van der Waals surface area contributed by atoms with Crippen LogP contribution in [0.5, 0.6) is 0 Å². The monoisotopic (exact) mass is 202 g/mol. The molecule has 0 aliphatic heterocycles. The summed E-state index contributed by atoms with van der Waals surface area (Å²) in [5, 5.41) is 13.8. The zero-order valence-electron chi connectivity index (χ0n) is 8.82. The van der Waals surface area contributed by atoms with E-state index in [1.54, 1.807) is 6.92 Å². The second kappa shape index (κ2) is 6.20. The molecule has 0 bridgehead atoms. The second-order valence-electron chi connectivity index (χ2n) is 3.34. The van der Waals surface area contributed by atoms with Crippen LogP contribution in [0.4, 0.5) is 0 Å². The van der Waals surface area contributed by atoms with Gasteiger partial charge >= 0.3 is 0 Å². The number of rotatable bonds is 5. The normalized spacial score (nSPS) is 14.1. The largest absolute Gasteiger partial charge is 0.409 e. The summed E-state index contributed by atoms with van der Waals surface area (Å²) in [6.45, 7) is 2.89. The number of hydrogen-bond donors (Lipinski definition) is 3. The van der Waals surface area contributed by atoms with Gasteiger partial charge in [0.05, 0.1) is 5.92 Å². The molecule has 0 aromatic heterocycles. The van der Waals surface area contributed by atoms with Gasteiger partial charge < -0.3 is 21.2 Å². The Morgan fingerprint density at radius 3 is 2.64 bits per heavy atom. The van der Waals surface area contributed by atoms with Crippen molar-refractivity contribution in [1.82, 2.24) is 10.2 Å². The highest BCUT2D eigenvalue weighted by atomic mass is 16.4. The molecule has 0 fully saturated rings. The highest BCUT2D eigenvalue weighted by Crippen LogP contribution is 1.93. The summed E-state index contributed by atoms with van der Waals surface area (Å²) in [5.74, 6) is -0.906. The highest BCUT2D eigenvalue weighted by molar-refractivity contribution is 6.01. The zero-order valence-corrected chi connectivity index (χ0v) is 8.82. The lowest BCUT2D eigenvalue weighted by atomic mass is 10.1. The number of hydrogen-bond acceptors (Lipinski definition) is 4. The SMILES string of the molecule is CC(C(=O)NCCN(C)C)C(N)=NO. The Hall–Kier alpha value is -1.30. The Labute approximate surface area is 83.7 Å². The highest BCUT2D eigenvalue weighted by Gasteiger charge is 2.16. The summed E-state index contributed by atoms with van der Waals surface area (Å²) >= 11 is 0. The molecule has 1 atom stereocenters. The van der Waals surface area contributed by atoms with Gasteiger partial charge in [-0.15, -0.1) is 0 Å². The summed E-state index contributed by atoms with van der Waals surface area (Å²) in [4.78, 5) is 13.3. The smallest absolute Gasteiger partial charge is 0.230 e. The molecule has 82 valence electrons. The maximum Gasteiger partial charge on any atom is 0.230 e. The Morgan fingerprint density at radius 2 is 2.21 bits per heavy atom. The summed E-state index contributed by atoms with van der Waals surface area (Å²) in [6.07, 6.45) is 0. The predicted molar refractivity (Wildman–Crippen MR) is 54.1 cm³/mol.